The maximum Gasteiger partial charge on any atom is 0.337 e. The molecular formula is C13H11ClN2O3. The first-order chi connectivity index (χ1) is 9.08. The van der Waals surface area contributed by atoms with E-state index < -0.39 is 5.97 Å². The summed E-state index contributed by atoms with van der Waals surface area (Å²) in [5.41, 5.74) is 6.53. The molecule has 0 amide bonds. The van der Waals surface area contributed by atoms with E-state index in [2.05, 4.69) is 4.98 Å². The van der Waals surface area contributed by atoms with E-state index in [4.69, 9.17) is 27.2 Å². The SMILES string of the molecule is Nc1ccc(OCc2ccncc2Cl)cc1C(=O)O. The maximum absolute atomic E-state index is 10.9. The van der Waals surface area contributed by atoms with Gasteiger partial charge < -0.3 is 15.6 Å². The number of nitrogens with two attached hydrogens (primary N) is 1. The van der Waals surface area contributed by atoms with Gasteiger partial charge in [0.15, 0.2) is 0 Å². The van der Waals surface area contributed by atoms with Gasteiger partial charge in [-0.1, -0.05) is 11.6 Å². The lowest BCUT2D eigenvalue weighted by Crippen LogP contribution is -2.03. The number of carbonyl (C=O) groups is 1. The van der Waals surface area contributed by atoms with Crippen LogP contribution in [-0.4, -0.2) is 16.1 Å². The smallest absolute Gasteiger partial charge is 0.337 e. The van der Waals surface area contributed by atoms with E-state index in [9.17, 15) is 4.79 Å². The highest BCUT2D eigenvalue weighted by Gasteiger charge is 2.09. The number of anilines is 1. The minimum atomic E-state index is -1.09. The quantitative estimate of drug-likeness (QED) is 0.840. The molecule has 0 aliphatic heterocycles. The molecule has 0 unspecified atom stereocenters. The van der Waals surface area contributed by atoms with E-state index in [1.807, 2.05) is 0 Å². The summed E-state index contributed by atoms with van der Waals surface area (Å²) < 4.78 is 5.49. The predicted octanol–water partition coefficient (Wildman–Crippen LogP) is 2.59. The van der Waals surface area contributed by atoms with Gasteiger partial charge in [0.2, 0.25) is 0 Å². The van der Waals surface area contributed by atoms with Crippen LogP contribution in [0.4, 0.5) is 5.69 Å². The van der Waals surface area contributed by atoms with Crippen LogP contribution in [0.3, 0.4) is 0 Å². The summed E-state index contributed by atoms with van der Waals surface area (Å²) in [6, 6.07) is 6.22. The van der Waals surface area contributed by atoms with Gasteiger partial charge >= 0.3 is 5.97 Å². The molecule has 1 heterocycles. The number of aromatic nitrogens is 1. The number of carboxylic acids is 1. The molecule has 3 N–H and O–H groups in total. The normalized spacial score (nSPS) is 10.2. The van der Waals surface area contributed by atoms with Crippen LogP contribution in [-0.2, 0) is 6.61 Å². The first-order valence-electron chi connectivity index (χ1n) is 5.42. The van der Waals surface area contributed by atoms with Crippen LogP contribution in [0.25, 0.3) is 0 Å². The topological polar surface area (TPSA) is 85.4 Å². The van der Waals surface area contributed by atoms with Crippen LogP contribution in [0.1, 0.15) is 15.9 Å². The van der Waals surface area contributed by atoms with Crippen molar-refractivity contribution >= 4 is 23.3 Å². The van der Waals surface area contributed by atoms with E-state index in [1.165, 1.54) is 18.3 Å². The number of nitrogens with zero attached hydrogens (tertiary/aromatic N) is 1. The first-order valence-corrected chi connectivity index (χ1v) is 5.79. The van der Waals surface area contributed by atoms with Gasteiger partial charge in [-0.05, 0) is 24.3 Å². The first kappa shape index (κ1) is 13.2. The molecule has 98 valence electrons. The van der Waals surface area contributed by atoms with Crippen LogP contribution in [0.5, 0.6) is 5.75 Å². The second kappa shape index (κ2) is 5.58. The van der Waals surface area contributed by atoms with Gasteiger partial charge in [0.25, 0.3) is 0 Å². The van der Waals surface area contributed by atoms with Gasteiger partial charge in [0, 0.05) is 23.6 Å². The number of pyridine rings is 1. The molecule has 0 aliphatic rings. The van der Waals surface area contributed by atoms with E-state index >= 15 is 0 Å². The molecule has 5 nitrogen and oxygen atoms in total. The number of benzene rings is 1. The lowest BCUT2D eigenvalue weighted by Gasteiger charge is -2.09. The third-order valence-corrected chi connectivity index (χ3v) is 2.85. The fourth-order valence-electron chi connectivity index (χ4n) is 1.49. The second-order valence-corrected chi connectivity index (χ2v) is 4.22. The molecule has 2 rings (SSSR count). The molecule has 0 saturated carbocycles. The summed E-state index contributed by atoms with van der Waals surface area (Å²) in [5, 5.41) is 9.45. The summed E-state index contributed by atoms with van der Waals surface area (Å²) in [5.74, 6) is -0.677. The van der Waals surface area contributed by atoms with Crippen LogP contribution >= 0.6 is 11.6 Å². The fourth-order valence-corrected chi connectivity index (χ4v) is 1.67. The standard InChI is InChI=1S/C13H11ClN2O3/c14-11-6-16-4-3-8(11)7-19-9-1-2-12(15)10(5-9)13(17)18/h1-6H,7,15H2,(H,17,18). The number of halogens is 1. The van der Waals surface area contributed by atoms with Gasteiger partial charge in [-0.25, -0.2) is 4.79 Å². The van der Waals surface area contributed by atoms with E-state index in [-0.39, 0.29) is 17.9 Å². The van der Waals surface area contributed by atoms with Gasteiger partial charge in [-0.2, -0.15) is 0 Å². The van der Waals surface area contributed by atoms with E-state index in [0.29, 0.717) is 10.8 Å². The Morgan fingerprint density at radius 1 is 1.42 bits per heavy atom. The van der Waals surface area contributed by atoms with Crippen molar-refractivity contribution in [1.29, 1.82) is 0 Å². The monoisotopic (exact) mass is 278 g/mol. The molecule has 1 aromatic heterocycles. The van der Waals surface area contributed by atoms with Crippen molar-refractivity contribution in [2.75, 3.05) is 5.73 Å². The zero-order valence-electron chi connectivity index (χ0n) is 9.84. The Kier molecular flexibility index (Phi) is 3.87. The van der Waals surface area contributed by atoms with Crippen molar-refractivity contribution in [2.45, 2.75) is 6.61 Å². The maximum atomic E-state index is 10.9. The number of carboxylic acid groups (broad SMARTS) is 1. The Labute approximate surface area is 114 Å². The number of ether oxygens (including phenoxy) is 1. The molecule has 0 fully saturated rings. The summed E-state index contributed by atoms with van der Waals surface area (Å²) in [7, 11) is 0. The highest BCUT2D eigenvalue weighted by molar-refractivity contribution is 6.31. The molecule has 0 saturated heterocycles. The Bertz CT molecular complexity index is 617. The Morgan fingerprint density at radius 3 is 2.89 bits per heavy atom. The van der Waals surface area contributed by atoms with Crippen molar-refractivity contribution < 1.29 is 14.6 Å². The Hall–Kier alpha value is -2.27. The van der Waals surface area contributed by atoms with Crippen molar-refractivity contribution in [1.82, 2.24) is 4.98 Å². The number of nitrogen functional groups attached to an aromatic ring is 1. The van der Waals surface area contributed by atoms with Gasteiger partial charge in [-0.15, -0.1) is 0 Å². The van der Waals surface area contributed by atoms with Crippen LogP contribution < -0.4 is 10.5 Å². The van der Waals surface area contributed by atoms with E-state index in [0.717, 1.165) is 5.56 Å². The van der Waals surface area contributed by atoms with Gasteiger partial charge in [0.05, 0.1) is 10.6 Å². The van der Waals surface area contributed by atoms with Gasteiger partial charge in [-0.3, -0.25) is 4.98 Å². The molecule has 0 bridgehead atoms. The molecule has 2 aromatic rings. The number of hydrogen-bond donors (Lipinski definition) is 2. The molecule has 0 radical (unpaired) electrons. The lowest BCUT2D eigenvalue weighted by molar-refractivity contribution is 0.0697. The summed E-state index contributed by atoms with van der Waals surface area (Å²) >= 11 is 5.94. The third-order valence-electron chi connectivity index (χ3n) is 2.51. The largest absolute Gasteiger partial charge is 0.489 e. The Morgan fingerprint density at radius 2 is 2.21 bits per heavy atom. The van der Waals surface area contributed by atoms with Crippen molar-refractivity contribution in [3.8, 4) is 5.75 Å². The van der Waals surface area contributed by atoms with Crippen molar-refractivity contribution in [3.63, 3.8) is 0 Å². The number of rotatable bonds is 4. The van der Waals surface area contributed by atoms with E-state index in [1.54, 1.807) is 18.3 Å². The highest BCUT2D eigenvalue weighted by Crippen LogP contribution is 2.22. The number of hydrogen-bond acceptors (Lipinski definition) is 4. The third kappa shape index (κ3) is 3.14. The van der Waals surface area contributed by atoms with Crippen LogP contribution in [0, 0.1) is 0 Å². The average molecular weight is 279 g/mol. The molecule has 0 atom stereocenters. The lowest BCUT2D eigenvalue weighted by atomic mass is 10.2. The molecule has 0 spiro atoms. The van der Waals surface area contributed by atoms with Crippen LogP contribution in [0.2, 0.25) is 5.02 Å². The predicted molar refractivity (Wildman–Crippen MR) is 71.4 cm³/mol. The Balaban J connectivity index is 2.14. The summed E-state index contributed by atoms with van der Waals surface area (Å²) in [6.45, 7) is 0.227. The number of aromatic carboxylic acids is 1. The molecule has 0 aliphatic carbocycles. The van der Waals surface area contributed by atoms with Crippen molar-refractivity contribution in [2.24, 2.45) is 0 Å². The van der Waals surface area contributed by atoms with Crippen molar-refractivity contribution in [3.05, 3.63) is 52.8 Å². The zero-order chi connectivity index (χ0) is 13.8. The van der Waals surface area contributed by atoms with Gasteiger partial charge in [0.1, 0.15) is 12.4 Å². The second-order valence-electron chi connectivity index (χ2n) is 3.81. The molecular weight excluding hydrogens is 268 g/mol. The highest BCUT2D eigenvalue weighted by atomic mass is 35.5. The molecule has 6 heteroatoms. The summed E-state index contributed by atoms with van der Waals surface area (Å²) in [4.78, 5) is 14.8. The minimum Gasteiger partial charge on any atom is -0.489 e. The molecule has 1 aromatic carbocycles. The zero-order valence-corrected chi connectivity index (χ0v) is 10.6. The fraction of sp³-hybridized carbons (Fsp3) is 0.0769. The van der Waals surface area contributed by atoms with Crippen LogP contribution in [0.15, 0.2) is 36.7 Å². The average Bonchev–Trinajstić information content (AvgIpc) is 2.39. The summed E-state index contributed by atoms with van der Waals surface area (Å²) in [6.07, 6.45) is 3.13. The minimum absolute atomic E-state index is 0.0123. The molecule has 19 heavy (non-hydrogen) atoms.